The Hall–Kier alpha value is -2.99. The van der Waals surface area contributed by atoms with Gasteiger partial charge in [0.15, 0.2) is 5.78 Å². The zero-order chi connectivity index (χ0) is 24.0. The van der Waals surface area contributed by atoms with Crippen LogP contribution >= 0.6 is 11.3 Å². The number of carboxylic acid groups (broad SMARTS) is 1. The van der Waals surface area contributed by atoms with Crippen LogP contribution in [0.25, 0.3) is 6.08 Å². The number of aromatic carboxylic acids is 1. The lowest BCUT2D eigenvalue weighted by Crippen LogP contribution is -2.23. The van der Waals surface area contributed by atoms with Crippen molar-refractivity contribution in [1.82, 2.24) is 9.55 Å². The molecule has 0 saturated heterocycles. The number of hydrogen-bond donors (Lipinski definition) is 1. The summed E-state index contributed by atoms with van der Waals surface area (Å²) >= 11 is 1.65. The van der Waals surface area contributed by atoms with E-state index in [4.69, 9.17) is 0 Å². The molecule has 0 bridgehead atoms. The Morgan fingerprint density at radius 3 is 2.45 bits per heavy atom. The number of aryl methyl sites for hydroxylation is 1. The van der Waals surface area contributed by atoms with Crippen LogP contribution in [0.4, 0.5) is 0 Å². The van der Waals surface area contributed by atoms with E-state index in [-0.39, 0.29) is 11.3 Å². The van der Waals surface area contributed by atoms with E-state index in [1.54, 1.807) is 23.5 Å². The lowest BCUT2D eigenvalue weighted by atomic mass is 9.84. The van der Waals surface area contributed by atoms with Gasteiger partial charge in [-0.1, -0.05) is 52.3 Å². The molecule has 0 fully saturated rings. The molecule has 0 unspecified atom stereocenters. The first kappa shape index (κ1) is 24.6. The molecule has 0 amide bonds. The third-order valence-corrected chi connectivity index (χ3v) is 6.38. The summed E-state index contributed by atoms with van der Waals surface area (Å²) in [5.74, 6) is 0.170. The number of rotatable bonds is 10. The van der Waals surface area contributed by atoms with E-state index in [1.165, 1.54) is 0 Å². The molecular weight excluding hydrogens is 432 g/mol. The maximum Gasteiger partial charge on any atom is 0.335 e. The third kappa shape index (κ3) is 6.51. The molecule has 1 aromatic carbocycles. The molecule has 174 valence electrons. The van der Waals surface area contributed by atoms with Crippen LogP contribution in [0.2, 0.25) is 0 Å². The van der Waals surface area contributed by atoms with Crippen LogP contribution in [0.5, 0.6) is 0 Å². The Balaban J connectivity index is 2.01. The van der Waals surface area contributed by atoms with Gasteiger partial charge in [-0.25, -0.2) is 9.78 Å². The van der Waals surface area contributed by atoms with E-state index in [0.717, 1.165) is 46.8 Å². The first-order chi connectivity index (χ1) is 15.7. The Kier molecular flexibility index (Phi) is 8.03. The van der Waals surface area contributed by atoms with Gasteiger partial charge in [0.25, 0.3) is 0 Å². The average molecular weight is 465 g/mol. The average Bonchev–Trinajstić information content (AvgIpc) is 3.41. The van der Waals surface area contributed by atoms with Crippen LogP contribution in [0.3, 0.4) is 0 Å². The number of nitrogens with zero attached hydrogens (tertiary/aromatic N) is 2. The van der Waals surface area contributed by atoms with Gasteiger partial charge in [0.1, 0.15) is 5.82 Å². The van der Waals surface area contributed by atoms with Crippen LogP contribution < -0.4 is 0 Å². The number of imidazole rings is 1. The predicted octanol–water partition coefficient (Wildman–Crippen LogP) is 6.28. The lowest BCUT2D eigenvalue weighted by molar-refractivity contribution is -0.122. The van der Waals surface area contributed by atoms with Gasteiger partial charge in [-0.05, 0) is 41.6 Å². The second-order valence-electron chi connectivity index (χ2n) is 9.30. The molecule has 5 nitrogen and oxygen atoms in total. The van der Waals surface area contributed by atoms with Crippen LogP contribution in [0.1, 0.15) is 72.9 Å². The number of carbonyl (C=O) groups excluding carboxylic acids is 1. The molecule has 6 heteroatoms. The van der Waals surface area contributed by atoms with E-state index >= 15 is 0 Å². The number of allylic oxidation sites excluding steroid dienone is 1. The normalized spacial score (nSPS) is 12.2. The number of thiophene rings is 1. The van der Waals surface area contributed by atoms with Gasteiger partial charge in [0.2, 0.25) is 0 Å². The molecule has 3 aromatic rings. The largest absolute Gasteiger partial charge is 0.478 e. The van der Waals surface area contributed by atoms with Gasteiger partial charge in [-0.2, -0.15) is 0 Å². The number of aromatic nitrogens is 2. The fourth-order valence-corrected chi connectivity index (χ4v) is 4.38. The molecule has 2 aromatic heterocycles. The molecule has 0 aliphatic heterocycles. The van der Waals surface area contributed by atoms with Gasteiger partial charge < -0.3 is 9.67 Å². The molecule has 0 spiro atoms. The first-order valence-corrected chi connectivity index (χ1v) is 12.2. The first-order valence-electron chi connectivity index (χ1n) is 11.3. The lowest BCUT2D eigenvalue weighted by Gasteiger charge is -2.19. The van der Waals surface area contributed by atoms with Crippen LogP contribution in [-0.4, -0.2) is 26.4 Å². The summed E-state index contributed by atoms with van der Waals surface area (Å²) in [6.07, 6.45) is 7.38. The smallest absolute Gasteiger partial charge is 0.335 e. The van der Waals surface area contributed by atoms with E-state index in [2.05, 4.69) is 22.5 Å². The molecule has 33 heavy (non-hydrogen) atoms. The quantitative estimate of drug-likeness (QED) is 0.359. The number of Topliss-reactive ketones (excluding diaryl/α,β-unsaturated/α-hetero) is 1. The van der Waals surface area contributed by atoms with Crippen molar-refractivity contribution in [2.75, 3.05) is 0 Å². The van der Waals surface area contributed by atoms with Crippen molar-refractivity contribution in [3.63, 3.8) is 0 Å². The predicted molar refractivity (Wildman–Crippen MR) is 134 cm³/mol. The Labute approximate surface area is 199 Å². The van der Waals surface area contributed by atoms with Crippen molar-refractivity contribution in [3.8, 4) is 0 Å². The molecular formula is C27H32N2O3S. The van der Waals surface area contributed by atoms with Crippen LogP contribution in [0.15, 0.2) is 53.5 Å². The number of unbranched alkanes of at least 4 members (excludes halogenated alkanes) is 1. The zero-order valence-corrected chi connectivity index (χ0v) is 20.6. The summed E-state index contributed by atoms with van der Waals surface area (Å²) in [6, 6.07) is 11.0. The molecule has 2 heterocycles. The highest BCUT2D eigenvalue weighted by molar-refractivity contribution is 7.09. The van der Waals surface area contributed by atoms with Crippen molar-refractivity contribution in [1.29, 1.82) is 0 Å². The monoisotopic (exact) mass is 464 g/mol. The van der Waals surface area contributed by atoms with Gasteiger partial charge in [0, 0.05) is 35.3 Å². The maximum absolute atomic E-state index is 13.3. The van der Waals surface area contributed by atoms with Gasteiger partial charge >= 0.3 is 5.97 Å². The third-order valence-electron chi connectivity index (χ3n) is 5.50. The highest BCUT2D eigenvalue weighted by Gasteiger charge is 2.26. The summed E-state index contributed by atoms with van der Waals surface area (Å²) in [4.78, 5) is 30.3. The van der Waals surface area contributed by atoms with Gasteiger partial charge in [0.05, 0.1) is 17.5 Å². The Morgan fingerprint density at radius 2 is 1.88 bits per heavy atom. The van der Waals surface area contributed by atoms with Crippen molar-refractivity contribution in [2.45, 2.75) is 59.9 Å². The second-order valence-corrected chi connectivity index (χ2v) is 10.3. The summed E-state index contributed by atoms with van der Waals surface area (Å²) < 4.78 is 2.15. The zero-order valence-electron chi connectivity index (χ0n) is 19.8. The standard InChI is InChI=1S/C27H32N2O3S/c1-5-6-9-24-28-17-22(29(24)18-19-10-12-20(13-11-19)26(31)32)15-21(25(30)27(2,3)4)16-23-8-7-14-33-23/h7-8,10-15,17H,5-6,9,16,18H2,1-4H3,(H,31,32)/b21-15+. The van der Waals surface area contributed by atoms with Gasteiger partial charge in [-0.3, -0.25) is 4.79 Å². The molecule has 0 saturated carbocycles. The maximum atomic E-state index is 13.3. The van der Waals surface area contributed by atoms with Gasteiger partial charge in [-0.15, -0.1) is 11.3 Å². The van der Waals surface area contributed by atoms with Crippen LogP contribution in [-0.2, 0) is 24.2 Å². The fourth-order valence-electron chi connectivity index (χ4n) is 3.65. The molecule has 1 N–H and O–H groups in total. The van der Waals surface area contributed by atoms with Crippen LogP contribution in [0, 0.1) is 5.41 Å². The molecule has 0 aliphatic carbocycles. The summed E-state index contributed by atoms with van der Waals surface area (Å²) in [5, 5.41) is 11.2. The topological polar surface area (TPSA) is 72.2 Å². The fraction of sp³-hybridized carbons (Fsp3) is 0.370. The van der Waals surface area contributed by atoms with Crippen molar-refractivity contribution in [3.05, 3.63) is 81.1 Å². The summed E-state index contributed by atoms with van der Waals surface area (Å²) in [5.41, 5.74) is 2.45. The Bertz CT molecular complexity index is 1120. The number of ketones is 1. The highest BCUT2D eigenvalue weighted by atomic mass is 32.1. The second kappa shape index (κ2) is 10.8. The molecule has 3 rings (SSSR count). The number of hydrogen-bond acceptors (Lipinski definition) is 4. The summed E-state index contributed by atoms with van der Waals surface area (Å²) in [7, 11) is 0. The number of carboxylic acids is 1. The minimum absolute atomic E-state index is 0.129. The Morgan fingerprint density at radius 1 is 1.15 bits per heavy atom. The highest BCUT2D eigenvalue weighted by Crippen LogP contribution is 2.26. The summed E-state index contributed by atoms with van der Waals surface area (Å²) in [6.45, 7) is 8.57. The SMILES string of the molecule is CCCCc1ncc(/C=C(\Cc2cccs2)C(=O)C(C)(C)C)n1Cc1ccc(C(=O)O)cc1. The molecule has 0 aliphatic rings. The number of benzene rings is 1. The van der Waals surface area contributed by atoms with Crippen molar-refractivity contribution >= 4 is 29.2 Å². The van der Waals surface area contributed by atoms with Crippen molar-refractivity contribution < 1.29 is 14.7 Å². The van der Waals surface area contributed by atoms with E-state index < -0.39 is 11.4 Å². The van der Waals surface area contributed by atoms with E-state index in [9.17, 15) is 14.7 Å². The van der Waals surface area contributed by atoms with E-state index in [0.29, 0.717) is 13.0 Å². The minimum atomic E-state index is -0.935. The molecule has 0 atom stereocenters. The van der Waals surface area contributed by atoms with E-state index in [1.807, 2.05) is 56.6 Å². The molecule has 0 radical (unpaired) electrons. The minimum Gasteiger partial charge on any atom is -0.478 e. The van der Waals surface area contributed by atoms with Crippen molar-refractivity contribution in [2.24, 2.45) is 5.41 Å². The number of carbonyl (C=O) groups is 2.